The van der Waals surface area contributed by atoms with Gasteiger partial charge in [0.1, 0.15) is 11.4 Å². The molecule has 0 bridgehead atoms. The number of nitrogens with two attached hydrogens (primary N) is 1. The maximum absolute atomic E-state index is 13.7. The number of halogens is 1. The van der Waals surface area contributed by atoms with Crippen LogP contribution in [0.25, 0.3) is 0 Å². The number of nitriles is 1. The number of hydrogen-bond acceptors (Lipinski definition) is 4. The summed E-state index contributed by atoms with van der Waals surface area (Å²) in [5, 5.41) is 8.89. The molecule has 1 unspecified atom stereocenters. The van der Waals surface area contributed by atoms with Crippen molar-refractivity contribution < 1.29 is 4.39 Å². The lowest BCUT2D eigenvalue weighted by Crippen LogP contribution is -2.47. The topological polar surface area (TPSA) is 56.3 Å². The first kappa shape index (κ1) is 15.7. The van der Waals surface area contributed by atoms with E-state index in [0.29, 0.717) is 12.1 Å². The summed E-state index contributed by atoms with van der Waals surface area (Å²) in [6.07, 6.45) is 1.62. The standard InChI is InChI=1S/C16H23FN4/c1-16(19,13-18)7-4-8-20-9-11-21(12-10-20)15-6-3-2-5-14(15)17/h2-3,5-6H,4,7-12,19H2,1H3. The first-order valence-electron chi connectivity index (χ1n) is 7.44. The van der Waals surface area contributed by atoms with Gasteiger partial charge >= 0.3 is 0 Å². The summed E-state index contributed by atoms with van der Waals surface area (Å²) >= 11 is 0. The molecule has 0 aliphatic carbocycles. The van der Waals surface area contributed by atoms with Crippen LogP contribution in [0.5, 0.6) is 0 Å². The fraction of sp³-hybridized carbons (Fsp3) is 0.562. The molecule has 21 heavy (non-hydrogen) atoms. The molecule has 114 valence electrons. The quantitative estimate of drug-likeness (QED) is 0.901. The molecule has 1 aromatic rings. The number of anilines is 1. The molecule has 0 spiro atoms. The van der Waals surface area contributed by atoms with E-state index in [2.05, 4.69) is 15.9 Å². The van der Waals surface area contributed by atoms with Gasteiger partial charge in [-0.2, -0.15) is 5.26 Å². The van der Waals surface area contributed by atoms with Gasteiger partial charge in [-0.3, -0.25) is 4.90 Å². The summed E-state index contributed by atoms with van der Waals surface area (Å²) in [4.78, 5) is 4.44. The van der Waals surface area contributed by atoms with E-state index in [0.717, 1.165) is 39.1 Å². The summed E-state index contributed by atoms with van der Waals surface area (Å²) in [5.41, 5.74) is 5.78. The Balaban J connectivity index is 1.77. The van der Waals surface area contributed by atoms with E-state index in [1.54, 1.807) is 13.0 Å². The zero-order valence-corrected chi connectivity index (χ0v) is 12.6. The molecule has 0 radical (unpaired) electrons. The molecule has 1 fully saturated rings. The second-order valence-electron chi connectivity index (χ2n) is 5.91. The normalized spacial score (nSPS) is 19.0. The molecule has 2 N–H and O–H groups in total. The Bertz CT molecular complexity index is 501. The predicted molar refractivity (Wildman–Crippen MR) is 82.5 cm³/mol. The van der Waals surface area contributed by atoms with Gasteiger partial charge < -0.3 is 10.6 Å². The summed E-state index contributed by atoms with van der Waals surface area (Å²) < 4.78 is 13.7. The zero-order chi connectivity index (χ0) is 15.3. The van der Waals surface area contributed by atoms with Gasteiger partial charge in [-0.05, 0) is 38.4 Å². The minimum atomic E-state index is -0.727. The van der Waals surface area contributed by atoms with Crippen molar-refractivity contribution >= 4 is 5.69 Å². The van der Waals surface area contributed by atoms with Gasteiger partial charge in [0.15, 0.2) is 0 Å². The fourth-order valence-corrected chi connectivity index (χ4v) is 2.65. The van der Waals surface area contributed by atoms with E-state index in [-0.39, 0.29) is 5.82 Å². The molecule has 0 amide bonds. The number of para-hydroxylation sites is 1. The summed E-state index contributed by atoms with van der Waals surface area (Å²) in [5.74, 6) is -0.154. The lowest BCUT2D eigenvalue weighted by Gasteiger charge is -2.36. The Morgan fingerprint density at radius 2 is 1.95 bits per heavy atom. The first-order chi connectivity index (χ1) is 10.0. The summed E-state index contributed by atoms with van der Waals surface area (Å²) in [6.45, 7) is 6.21. The van der Waals surface area contributed by atoms with Crippen LogP contribution in [-0.4, -0.2) is 43.2 Å². The molecule has 1 atom stereocenters. The monoisotopic (exact) mass is 290 g/mol. The zero-order valence-electron chi connectivity index (χ0n) is 12.6. The first-order valence-corrected chi connectivity index (χ1v) is 7.44. The van der Waals surface area contributed by atoms with Gasteiger partial charge in [-0.15, -0.1) is 0 Å². The van der Waals surface area contributed by atoms with Crippen LogP contribution in [-0.2, 0) is 0 Å². The predicted octanol–water partition coefficient (Wildman–Crippen LogP) is 1.97. The minimum Gasteiger partial charge on any atom is -0.367 e. The maximum Gasteiger partial charge on any atom is 0.146 e. The third kappa shape index (κ3) is 4.42. The van der Waals surface area contributed by atoms with Gasteiger partial charge in [-0.1, -0.05) is 12.1 Å². The van der Waals surface area contributed by atoms with E-state index in [1.165, 1.54) is 6.07 Å². The Labute approximate surface area is 125 Å². The average molecular weight is 290 g/mol. The highest BCUT2D eigenvalue weighted by molar-refractivity contribution is 5.47. The number of benzene rings is 1. The van der Waals surface area contributed by atoms with Crippen LogP contribution in [0.15, 0.2) is 24.3 Å². The molecule has 0 aromatic heterocycles. The van der Waals surface area contributed by atoms with E-state index in [4.69, 9.17) is 11.0 Å². The Kier molecular flexibility index (Phi) is 5.16. The maximum atomic E-state index is 13.7. The lowest BCUT2D eigenvalue weighted by molar-refractivity contribution is 0.247. The second-order valence-corrected chi connectivity index (χ2v) is 5.91. The van der Waals surface area contributed by atoms with Crippen LogP contribution >= 0.6 is 0 Å². The van der Waals surface area contributed by atoms with Crippen molar-refractivity contribution in [3.05, 3.63) is 30.1 Å². The van der Waals surface area contributed by atoms with Crippen LogP contribution in [0.3, 0.4) is 0 Å². The van der Waals surface area contributed by atoms with E-state index >= 15 is 0 Å². The van der Waals surface area contributed by atoms with Crippen molar-refractivity contribution in [1.29, 1.82) is 5.26 Å². The summed E-state index contributed by atoms with van der Waals surface area (Å²) in [7, 11) is 0. The van der Waals surface area contributed by atoms with E-state index < -0.39 is 5.54 Å². The molecule has 5 heteroatoms. The SMILES string of the molecule is CC(N)(C#N)CCCN1CCN(c2ccccc2F)CC1. The van der Waals surface area contributed by atoms with E-state index in [9.17, 15) is 4.39 Å². The highest BCUT2D eigenvalue weighted by Crippen LogP contribution is 2.20. The molecule has 1 aromatic carbocycles. The third-order valence-electron chi connectivity index (χ3n) is 3.99. The van der Waals surface area contributed by atoms with Crippen LogP contribution < -0.4 is 10.6 Å². The van der Waals surface area contributed by atoms with Crippen LogP contribution in [0.1, 0.15) is 19.8 Å². The van der Waals surface area contributed by atoms with Crippen molar-refractivity contribution in [3.8, 4) is 6.07 Å². The number of piperazine rings is 1. The molecule has 1 saturated heterocycles. The molecule has 1 heterocycles. The highest BCUT2D eigenvalue weighted by atomic mass is 19.1. The van der Waals surface area contributed by atoms with Crippen LogP contribution in [0.2, 0.25) is 0 Å². The lowest BCUT2D eigenvalue weighted by atomic mass is 9.99. The number of nitrogens with zero attached hydrogens (tertiary/aromatic N) is 3. The molecule has 0 saturated carbocycles. The van der Waals surface area contributed by atoms with Gasteiger partial charge in [0.25, 0.3) is 0 Å². The Hall–Kier alpha value is -1.64. The van der Waals surface area contributed by atoms with Crippen LogP contribution in [0, 0.1) is 17.1 Å². The third-order valence-corrected chi connectivity index (χ3v) is 3.99. The molecule has 1 aliphatic rings. The van der Waals surface area contributed by atoms with Crippen molar-refractivity contribution in [2.24, 2.45) is 5.73 Å². The molecular weight excluding hydrogens is 267 g/mol. The molecule has 4 nitrogen and oxygen atoms in total. The van der Waals surface area contributed by atoms with Crippen molar-refractivity contribution in [2.75, 3.05) is 37.6 Å². The van der Waals surface area contributed by atoms with Gasteiger partial charge in [-0.25, -0.2) is 4.39 Å². The smallest absolute Gasteiger partial charge is 0.146 e. The summed E-state index contributed by atoms with van der Waals surface area (Å²) in [6, 6.07) is 9.05. The molecule has 1 aliphatic heterocycles. The molecular formula is C16H23FN4. The number of rotatable bonds is 5. The second kappa shape index (κ2) is 6.88. The average Bonchev–Trinajstić information content (AvgIpc) is 2.48. The number of hydrogen-bond donors (Lipinski definition) is 1. The van der Waals surface area contributed by atoms with Crippen molar-refractivity contribution in [1.82, 2.24) is 4.90 Å². The highest BCUT2D eigenvalue weighted by Gasteiger charge is 2.21. The van der Waals surface area contributed by atoms with Crippen LogP contribution in [0.4, 0.5) is 10.1 Å². The largest absolute Gasteiger partial charge is 0.367 e. The van der Waals surface area contributed by atoms with E-state index in [1.807, 2.05) is 12.1 Å². The minimum absolute atomic E-state index is 0.154. The Morgan fingerprint density at radius 1 is 1.29 bits per heavy atom. The fourth-order valence-electron chi connectivity index (χ4n) is 2.65. The Morgan fingerprint density at radius 3 is 2.57 bits per heavy atom. The van der Waals surface area contributed by atoms with Crippen molar-refractivity contribution in [3.63, 3.8) is 0 Å². The molecule has 2 rings (SSSR count). The van der Waals surface area contributed by atoms with Gasteiger partial charge in [0.2, 0.25) is 0 Å². The van der Waals surface area contributed by atoms with Crippen molar-refractivity contribution in [2.45, 2.75) is 25.3 Å². The van der Waals surface area contributed by atoms with Gasteiger partial charge in [0, 0.05) is 26.2 Å². The van der Waals surface area contributed by atoms with Gasteiger partial charge in [0.05, 0.1) is 11.8 Å².